The maximum absolute atomic E-state index is 12.1. The maximum atomic E-state index is 12.1. The van der Waals surface area contributed by atoms with E-state index in [0.717, 1.165) is 12.8 Å². The van der Waals surface area contributed by atoms with E-state index in [2.05, 4.69) is 5.32 Å². The third kappa shape index (κ3) is 4.07. The molecule has 22 heavy (non-hydrogen) atoms. The predicted octanol–water partition coefficient (Wildman–Crippen LogP) is 1.90. The SMILES string of the molecule is COc1ccc(C(=O)CCC(=O)NC(C)(CN)C2CC2)cc1. The number of rotatable bonds is 8. The molecule has 1 atom stereocenters. The van der Waals surface area contributed by atoms with Crippen LogP contribution in [0.25, 0.3) is 0 Å². The fourth-order valence-corrected chi connectivity index (χ4v) is 2.57. The number of hydrogen-bond acceptors (Lipinski definition) is 4. The standard InChI is InChI=1S/C17H24N2O3/c1-17(11-18,13-5-6-13)19-16(21)10-9-15(20)12-3-7-14(22-2)8-4-12/h3-4,7-8,13H,5-6,9-11,18H2,1-2H3,(H,19,21). The summed E-state index contributed by atoms with van der Waals surface area (Å²) in [4.78, 5) is 24.1. The second-order valence-electron chi connectivity index (χ2n) is 6.10. The van der Waals surface area contributed by atoms with Gasteiger partial charge in [-0.2, -0.15) is 0 Å². The van der Waals surface area contributed by atoms with E-state index in [0.29, 0.717) is 23.8 Å². The minimum absolute atomic E-state index is 0.0429. The molecule has 0 aliphatic heterocycles. The lowest BCUT2D eigenvalue weighted by atomic mass is 9.95. The fraction of sp³-hybridized carbons (Fsp3) is 0.529. The third-order valence-electron chi connectivity index (χ3n) is 4.32. The van der Waals surface area contributed by atoms with Gasteiger partial charge >= 0.3 is 0 Å². The fourth-order valence-electron chi connectivity index (χ4n) is 2.57. The summed E-state index contributed by atoms with van der Waals surface area (Å²) in [7, 11) is 1.58. The van der Waals surface area contributed by atoms with Crippen LogP contribution in [0.3, 0.4) is 0 Å². The summed E-state index contributed by atoms with van der Waals surface area (Å²) >= 11 is 0. The van der Waals surface area contributed by atoms with Crippen molar-refractivity contribution in [2.75, 3.05) is 13.7 Å². The van der Waals surface area contributed by atoms with E-state index in [1.807, 2.05) is 6.92 Å². The second-order valence-corrected chi connectivity index (χ2v) is 6.10. The van der Waals surface area contributed by atoms with Crippen LogP contribution in [0.15, 0.2) is 24.3 Å². The van der Waals surface area contributed by atoms with Crippen molar-refractivity contribution in [2.24, 2.45) is 11.7 Å². The molecular weight excluding hydrogens is 280 g/mol. The van der Waals surface area contributed by atoms with Crippen LogP contribution in [0, 0.1) is 5.92 Å². The van der Waals surface area contributed by atoms with Crippen molar-refractivity contribution in [1.29, 1.82) is 0 Å². The number of methoxy groups -OCH3 is 1. The van der Waals surface area contributed by atoms with Crippen molar-refractivity contribution in [3.8, 4) is 5.75 Å². The quantitative estimate of drug-likeness (QED) is 0.719. The van der Waals surface area contributed by atoms with E-state index >= 15 is 0 Å². The molecule has 1 saturated carbocycles. The van der Waals surface area contributed by atoms with Crippen LogP contribution in [0.4, 0.5) is 0 Å². The van der Waals surface area contributed by atoms with Crippen LogP contribution in [-0.4, -0.2) is 30.9 Å². The van der Waals surface area contributed by atoms with Crippen LogP contribution in [0.1, 0.15) is 43.0 Å². The van der Waals surface area contributed by atoms with E-state index in [4.69, 9.17) is 10.5 Å². The highest BCUT2D eigenvalue weighted by atomic mass is 16.5. The Labute approximate surface area is 131 Å². The van der Waals surface area contributed by atoms with E-state index < -0.39 is 0 Å². The molecule has 5 nitrogen and oxygen atoms in total. The maximum Gasteiger partial charge on any atom is 0.220 e. The van der Waals surface area contributed by atoms with Gasteiger partial charge in [0.15, 0.2) is 5.78 Å². The first-order valence-electron chi connectivity index (χ1n) is 7.67. The molecule has 0 saturated heterocycles. The van der Waals surface area contributed by atoms with E-state index in [9.17, 15) is 9.59 Å². The zero-order valence-electron chi connectivity index (χ0n) is 13.2. The molecular formula is C17H24N2O3. The van der Waals surface area contributed by atoms with Gasteiger partial charge in [-0.3, -0.25) is 9.59 Å². The summed E-state index contributed by atoms with van der Waals surface area (Å²) < 4.78 is 5.06. The molecule has 1 unspecified atom stereocenters. The molecule has 1 aliphatic rings. The molecule has 0 aromatic heterocycles. The molecule has 120 valence electrons. The number of hydrogen-bond donors (Lipinski definition) is 2. The van der Waals surface area contributed by atoms with Crippen LogP contribution in [0.5, 0.6) is 5.75 Å². The molecule has 1 aromatic carbocycles. The number of carbonyl (C=O) groups excluding carboxylic acids is 2. The summed E-state index contributed by atoms with van der Waals surface area (Å²) in [6.07, 6.45) is 2.61. The van der Waals surface area contributed by atoms with Gasteiger partial charge in [0.05, 0.1) is 12.6 Å². The van der Waals surface area contributed by atoms with Gasteiger partial charge in [0.25, 0.3) is 0 Å². The minimum Gasteiger partial charge on any atom is -0.497 e. The van der Waals surface area contributed by atoms with Crippen molar-refractivity contribution in [2.45, 2.75) is 38.1 Å². The number of nitrogens with two attached hydrogens (primary N) is 1. The Hall–Kier alpha value is -1.88. The van der Waals surface area contributed by atoms with Crippen LogP contribution < -0.4 is 15.8 Å². The molecule has 0 spiro atoms. The van der Waals surface area contributed by atoms with E-state index in [1.165, 1.54) is 0 Å². The summed E-state index contributed by atoms with van der Waals surface area (Å²) in [5.41, 5.74) is 6.04. The molecule has 1 fully saturated rings. The van der Waals surface area contributed by atoms with Crippen molar-refractivity contribution in [3.05, 3.63) is 29.8 Å². The van der Waals surface area contributed by atoms with Gasteiger partial charge in [-0.15, -0.1) is 0 Å². The predicted molar refractivity (Wildman–Crippen MR) is 84.9 cm³/mol. The molecule has 1 amide bonds. The van der Waals surface area contributed by atoms with Gasteiger partial charge in [0.2, 0.25) is 5.91 Å². The second kappa shape index (κ2) is 6.92. The first-order chi connectivity index (χ1) is 10.5. The molecule has 0 heterocycles. The normalized spacial score (nSPS) is 16.7. The van der Waals surface area contributed by atoms with Crippen LogP contribution in [0.2, 0.25) is 0 Å². The first kappa shape index (κ1) is 16.5. The molecule has 5 heteroatoms. The smallest absolute Gasteiger partial charge is 0.220 e. The van der Waals surface area contributed by atoms with Gasteiger partial charge in [-0.1, -0.05) is 0 Å². The van der Waals surface area contributed by atoms with E-state index in [-0.39, 0.29) is 30.1 Å². The molecule has 1 aliphatic carbocycles. The average Bonchev–Trinajstić information content (AvgIpc) is 3.38. The van der Waals surface area contributed by atoms with Crippen molar-refractivity contribution in [1.82, 2.24) is 5.32 Å². The average molecular weight is 304 g/mol. The summed E-state index contributed by atoms with van der Waals surface area (Å²) in [5, 5.41) is 2.99. The molecule has 2 rings (SSSR count). The minimum atomic E-state index is -0.333. The Bertz CT molecular complexity index is 537. The van der Waals surface area contributed by atoms with Crippen molar-refractivity contribution in [3.63, 3.8) is 0 Å². The zero-order valence-corrected chi connectivity index (χ0v) is 13.2. The van der Waals surface area contributed by atoms with Gasteiger partial charge in [0.1, 0.15) is 5.75 Å². The Morgan fingerprint density at radius 3 is 2.41 bits per heavy atom. The first-order valence-corrected chi connectivity index (χ1v) is 7.67. The van der Waals surface area contributed by atoms with Gasteiger partial charge < -0.3 is 15.8 Å². The van der Waals surface area contributed by atoms with Crippen molar-refractivity contribution < 1.29 is 14.3 Å². The van der Waals surface area contributed by atoms with Gasteiger partial charge in [-0.25, -0.2) is 0 Å². The summed E-state index contributed by atoms with van der Waals surface area (Å²) in [6, 6.07) is 6.91. The third-order valence-corrected chi connectivity index (χ3v) is 4.32. The van der Waals surface area contributed by atoms with Crippen molar-refractivity contribution >= 4 is 11.7 Å². The lowest BCUT2D eigenvalue weighted by molar-refractivity contribution is -0.123. The molecule has 3 N–H and O–H groups in total. The highest BCUT2D eigenvalue weighted by Crippen LogP contribution is 2.39. The lowest BCUT2D eigenvalue weighted by Crippen LogP contribution is -2.53. The monoisotopic (exact) mass is 304 g/mol. The molecule has 0 radical (unpaired) electrons. The lowest BCUT2D eigenvalue weighted by Gasteiger charge is -2.29. The highest BCUT2D eigenvalue weighted by Gasteiger charge is 2.41. The number of carbonyl (C=O) groups is 2. The summed E-state index contributed by atoms with van der Waals surface area (Å²) in [5.74, 6) is 1.02. The Morgan fingerprint density at radius 1 is 1.27 bits per heavy atom. The highest BCUT2D eigenvalue weighted by molar-refractivity contribution is 5.98. The topological polar surface area (TPSA) is 81.4 Å². The Morgan fingerprint density at radius 2 is 1.91 bits per heavy atom. The van der Waals surface area contributed by atoms with Crippen LogP contribution >= 0.6 is 0 Å². The van der Waals surface area contributed by atoms with E-state index in [1.54, 1.807) is 31.4 Å². The number of ketones is 1. The number of nitrogens with one attached hydrogen (secondary N) is 1. The number of amides is 1. The van der Waals surface area contributed by atoms with Gasteiger partial charge in [0, 0.05) is 24.9 Å². The molecule has 0 bridgehead atoms. The Kier molecular flexibility index (Phi) is 5.19. The Balaban J connectivity index is 1.83. The zero-order chi connectivity index (χ0) is 16.2. The number of ether oxygens (including phenoxy) is 1. The number of benzene rings is 1. The summed E-state index contributed by atoms with van der Waals surface area (Å²) in [6.45, 7) is 2.41. The van der Waals surface area contributed by atoms with Crippen LogP contribution in [-0.2, 0) is 4.79 Å². The van der Waals surface area contributed by atoms with Gasteiger partial charge in [-0.05, 0) is 49.9 Å². The molecule has 1 aromatic rings. The largest absolute Gasteiger partial charge is 0.497 e. The number of Topliss-reactive ketones (excluding diaryl/α,β-unsaturated/α-hetero) is 1.